The zero-order valence-corrected chi connectivity index (χ0v) is 22.9. The number of benzene rings is 6. The van der Waals surface area contributed by atoms with E-state index in [2.05, 4.69) is 143 Å². The molecule has 43 heavy (non-hydrogen) atoms. The lowest BCUT2D eigenvalue weighted by Gasteiger charge is -2.11. The summed E-state index contributed by atoms with van der Waals surface area (Å²) in [5.41, 5.74) is 6.53. The zero-order valence-electron chi connectivity index (χ0n) is 22.9. The molecule has 0 aliphatic rings. The lowest BCUT2D eigenvalue weighted by atomic mass is 10.1. The summed E-state index contributed by atoms with van der Waals surface area (Å²) in [7, 11) is 0. The van der Waals surface area contributed by atoms with E-state index in [1.165, 1.54) is 21.5 Å². The van der Waals surface area contributed by atoms with Crippen LogP contribution in [0.5, 0.6) is 0 Å². The summed E-state index contributed by atoms with van der Waals surface area (Å²) in [6.45, 7) is 0. The summed E-state index contributed by atoms with van der Waals surface area (Å²) in [5.74, 6) is 1.33. The first kappa shape index (κ1) is 22.7. The molecular formula is C38H22N4O. The third-order valence-electron chi connectivity index (χ3n) is 8.72. The van der Waals surface area contributed by atoms with Gasteiger partial charge in [0, 0.05) is 26.9 Å². The lowest BCUT2D eigenvalue weighted by Crippen LogP contribution is -2.06. The highest BCUT2D eigenvalue weighted by Crippen LogP contribution is 2.39. The second kappa shape index (κ2) is 8.30. The summed E-state index contributed by atoms with van der Waals surface area (Å²) in [6.07, 6.45) is 0. The molecule has 0 spiro atoms. The molecule has 0 unspecified atom stereocenters. The van der Waals surface area contributed by atoms with Crippen molar-refractivity contribution < 1.29 is 4.42 Å². The predicted octanol–water partition coefficient (Wildman–Crippen LogP) is 9.72. The first-order valence-electron chi connectivity index (χ1n) is 14.4. The molecule has 5 heteroatoms. The van der Waals surface area contributed by atoms with E-state index >= 15 is 0 Å². The minimum absolute atomic E-state index is 0.609. The van der Waals surface area contributed by atoms with Crippen molar-refractivity contribution in [1.29, 1.82) is 0 Å². The minimum atomic E-state index is 0.609. The Morgan fingerprint density at radius 3 is 1.47 bits per heavy atom. The van der Waals surface area contributed by atoms with Gasteiger partial charge in [0.1, 0.15) is 11.1 Å². The Morgan fingerprint density at radius 1 is 0.442 bits per heavy atom. The number of furan rings is 1. The lowest BCUT2D eigenvalue weighted by molar-refractivity contribution is 0.662. The number of hydrogen-bond donors (Lipinski definition) is 0. The fourth-order valence-electron chi connectivity index (χ4n) is 6.84. The average Bonchev–Trinajstić information content (AvgIpc) is 3.71. The molecule has 10 aromatic rings. The quantitative estimate of drug-likeness (QED) is 0.215. The summed E-state index contributed by atoms with van der Waals surface area (Å²) in [6, 6.07) is 46.6. The molecule has 0 amide bonds. The van der Waals surface area contributed by atoms with Crippen LogP contribution in [0, 0.1) is 0 Å². The third-order valence-corrected chi connectivity index (χ3v) is 8.72. The van der Waals surface area contributed by atoms with Crippen LogP contribution in [0.25, 0.3) is 88.2 Å². The summed E-state index contributed by atoms with van der Waals surface area (Å²) >= 11 is 0. The molecule has 0 atom stereocenters. The van der Waals surface area contributed by atoms with Crippen LogP contribution in [0.1, 0.15) is 0 Å². The van der Waals surface area contributed by atoms with Crippen molar-refractivity contribution in [1.82, 2.24) is 19.1 Å². The van der Waals surface area contributed by atoms with Gasteiger partial charge in [0.25, 0.3) is 0 Å². The standard InChI is InChI=1S/C38H22N4O/c1-2-12-24-22-34-29(21-23(24)11-1)35-36(43-34)37(41-30-17-7-3-13-25(30)26-14-4-8-18-31(26)41)40-38(39-35)42-32-19-9-5-15-27(32)28-16-6-10-20-33(28)42/h1-22H. The maximum atomic E-state index is 6.71. The van der Waals surface area contributed by atoms with Gasteiger partial charge in [-0.05, 0) is 47.2 Å². The van der Waals surface area contributed by atoms with Gasteiger partial charge >= 0.3 is 0 Å². The Hall–Kier alpha value is -5.94. The smallest absolute Gasteiger partial charge is 0.237 e. The Balaban J connectivity index is 1.42. The monoisotopic (exact) mass is 550 g/mol. The molecule has 0 fully saturated rings. The highest BCUT2D eigenvalue weighted by atomic mass is 16.3. The summed E-state index contributed by atoms with van der Waals surface area (Å²) in [5, 5.41) is 7.93. The van der Waals surface area contributed by atoms with Crippen LogP contribution in [0.15, 0.2) is 138 Å². The van der Waals surface area contributed by atoms with E-state index in [-0.39, 0.29) is 0 Å². The number of para-hydroxylation sites is 4. The van der Waals surface area contributed by atoms with Crippen LogP contribution < -0.4 is 0 Å². The van der Waals surface area contributed by atoms with Gasteiger partial charge in [-0.15, -0.1) is 0 Å². The average molecular weight is 551 g/mol. The topological polar surface area (TPSA) is 48.8 Å². The van der Waals surface area contributed by atoms with E-state index in [0.29, 0.717) is 11.5 Å². The van der Waals surface area contributed by atoms with Crippen molar-refractivity contribution in [3.63, 3.8) is 0 Å². The van der Waals surface area contributed by atoms with Gasteiger partial charge in [-0.25, -0.2) is 4.98 Å². The Labute approximate surface area is 244 Å². The van der Waals surface area contributed by atoms with Gasteiger partial charge < -0.3 is 4.42 Å². The number of rotatable bonds is 2. The second-order valence-corrected chi connectivity index (χ2v) is 11.1. The van der Waals surface area contributed by atoms with Gasteiger partial charge in [-0.1, -0.05) is 97.1 Å². The molecular weight excluding hydrogens is 528 g/mol. The highest BCUT2D eigenvalue weighted by Gasteiger charge is 2.23. The normalized spacial score (nSPS) is 12.2. The maximum Gasteiger partial charge on any atom is 0.237 e. The van der Waals surface area contributed by atoms with E-state index in [9.17, 15) is 0 Å². The third kappa shape index (κ3) is 3.05. The second-order valence-electron chi connectivity index (χ2n) is 11.1. The van der Waals surface area contributed by atoms with Gasteiger partial charge in [0.2, 0.25) is 5.95 Å². The van der Waals surface area contributed by atoms with E-state index in [4.69, 9.17) is 14.4 Å². The predicted molar refractivity (Wildman–Crippen MR) is 175 cm³/mol. The molecule has 4 aromatic heterocycles. The van der Waals surface area contributed by atoms with Crippen molar-refractivity contribution in [2.45, 2.75) is 0 Å². The van der Waals surface area contributed by atoms with Crippen molar-refractivity contribution in [2.75, 3.05) is 0 Å². The Kier molecular flexibility index (Phi) is 4.39. The summed E-state index contributed by atoms with van der Waals surface area (Å²) in [4.78, 5) is 10.7. The number of aromatic nitrogens is 4. The molecule has 0 bridgehead atoms. The molecule has 0 saturated heterocycles. The molecule has 0 aliphatic heterocycles. The van der Waals surface area contributed by atoms with Crippen LogP contribution in [-0.4, -0.2) is 19.1 Å². The fourth-order valence-corrected chi connectivity index (χ4v) is 6.84. The van der Waals surface area contributed by atoms with Gasteiger partial charge in [-0.2, -0.15) is 4.98 Å². The van der Waals surface area contributed by atoms with Crippen molar-refractivity contribution in [2.24, 2.45) is 0 Å². The van der Waals surface area contributed by atoms with Crippen molar-refractivity contribution in [3.05, 3.63) is 133 Å². The van der Waals surface area contributed by atoms with Crippen molar-refractivity contribution in [3.8, 4) is 11.8 Å². The molecule has 0 aliphatic carbocycles. The van der Waals surface area contributed by atoms with Crippen LogP contribution in [0.4, 0.5) is 0 Å². The highest BCUT2D eigenvalue weighted by molar-refractivity contribution is 6.14. The molecule has 5 nitrogen and oxygen atoms in total. The first-order valence-corrected chi connectivity index (χ1v) is 14.4. The molecule has 200 valence electrons. The van der Waals surface area contributed by atoms with Crippen LogP contribution >= 0.6 is 0 Å². The summed E-state index contributed by atoms with van der Waals surface area (Å²) < 4.78 is 11.1. The molecule has 10 rings (SSSR count). The van der Waals surface area contributed by atoms with E-state index in [1.54, 1.807) is 0 Å². The van der Waals surface area contributed by atoms with E-state index in [0.717, 1.165) is 55.1 Å². The largest absolute Gasteiger partial charge is 0.450 e. The Bertz CT molecular complexity index is 2640. The van der Waals surface area contributed by atoms with Crippen LogP contribution in [0.2, 0.25) is 0 Å². The van der Waals surface area contributed by atoms with Gasteiger partial charge in [0.15, 0.2) is 11.4 Å². The minimum Gasteiger partial charge on any atom is -0.450 e. The maximum absolute atomic E-state index is 6.71. The molecule has 0 N–H and O–H groups in total. The zero-order chi connectivity index (χ0) is 28.1. The van der Waals surface area contributed by atoms with Gasteiger partial charge in [-0.3, -0.25) is 9.13 Å². The van der Waals surface area contributed by atoms with Crippen LogP contribution in [-0.2, 0) is 0 Å². The van der Waals surface area contributed by atoms with Crippen molar-refractivity contribution >= 4 is 76.5 Å². The number of nitrogens with zero attached hydrogens (tertiary/aromatic N) is 4. The molecule has 4 heterocycles. The molecule has 0 radical (unpaired) electrons. The van der Waals surface area contributed by atoms with E-state index in [1.807, 2.05) is 0 Å². The van der Waals surface area contributed by atoms with Gasteiger partial charge in [0.05, 0.1) is 22.1 Å². The molecule has 6 aromatic carbocycles. The van der Waals surface area contributed by atoms with Crippen LogP contribution in [0.3, 0.4) is 0 Å². The fraction of sp³-hybridized carbons (Fsp3) is 0. The number of hydrogen-bond acceptors (Lipinski definition) is 3. The van der Waals surface area contributed by atoms with E-state index < -0.39 is 0 Å². The first-order chi connectivity index (χ1) is 21.3. The number of fused-ring (bicyclic) bond motifs is 10. The SMILES string of the molecule is c1ccc2cc3c(cc2c1)oc1c(-n2c4ccccc4c4ccccc42)nc(-n2c4ccccc4c4ccccc42)nc13. The Morgan fingerprint density at radius 2 is 0.907 bits per heavy atom. The molecule has 0 saturated carbocycles.